The van der Waals surface area contributed by atoms with Gasteiger partial charge in [0, 0.05) is 24.7 Å². The first-order valence-corrected chi connectivity index (χ1v) is 6.44. The van der Waals surface area contributed by atoms with Crippen LogP contribution in [-0.2, 0) is 11.3 Å². The quantitative estimate of drug-likeness (QED) is 0.752. The number of aliphatic hydroxyl groups is 1. The summed E-state index contributed by atoms with van der Waals surface area (Å²) in [7, 11) is 1.86. The van der Waals surface area contributed by atoms with E-state index in [4.69, 9.17) is 5.11 Å². The Kier molecular flexibility index (Phi) is 6.35. The van der Waals surface area contributed by atoms with Gasteiger partial charge in [-0.2, -0.15) is 0 Å². The standard InChI is InChI=1S/C15H20FNO3/c1-11(18)7-8-17(2)10-13-5-3-12(9-14(13)16)4-6-15(19)20/h3-6,9,11,18H,7-8,10H2,1-2H3,(H,19,20)/b6-4+. The third kappa shape index (κ3) is 5.95. The molecule has 1 unspecified atom stereocenters. The Bertz CT molecular complexity index is 486. The van der Waals surface area contributed by atoms with Crippen molar-refractivity contribution >= 4 is 12.0 Å². The highest BCUT2D eigenvalue weighted by Crippen LogP contribution is 2.14. The van der Waals surface area contributed by atoms with Crippen LogP contribution in [0.4, 0.5) is 4.39 Å². The van der Waals surface area contributed by atoms with Gasteiger partial charge in [-0.1, -0.05) is 12.1 Å². The first kappa shape index (κ1) is 16.3. The molecule has 1 aromatic rings. The molecule has 0 aliphatic rings. The Morgan fingerprint density at radius 2 is 2.20 bits per heavy atom. The molecule has 0 bridgehead atoms. The van der Waals surface area contributed by atoms with Crippen molar-refractivity contribution in [3.05, 3.63) is 41.2 Å². The van der Waals surface area contributed by atoms with Crippen molar-refractivity contribution in [3.8, 4) is 0 Å². The fourth-order valence-electron chi connectivity index (χ4n) is 1.74. The molecule has 0 aromatic heterocycles. The molecule has 0 aliphatic heterocycles. The number of benzene rings is 1. The molecular formula is C15H20FNO3. The highest BCUT2D eigenvalue weighted by atomic mass is 19.1. The van der Waals surface area contributed by atoms with Crippen LogP contribution in [-0.4, -0.2) is 40.8 Å². The van der Waals surface area contributed by atoms with E-state index in [1.807, 2.05) is 11.9 Å². The lowest BCUT2D eigenvalue weighted by molar-refractivity contribution is -0.131. The summed E-state index contributed by atoms with van der Waals surface area (Å²) in [6.07, 6.45) is 2.60. The molecule has 0 saturated carbocycles. The molecule has 0 amide bonds. The number of halogens is 1. The minimum absolute atomic E-state index is 0.360. The van der Waals surface area contributed by atoms with Crippen molar-refractivity contribution in [2.75, 3.05) is 13.6 Å². The van der Waals surface area contributed by atoms with Crippen LogP contribution in [0.2, 0.25) is 0 Å². The summed E-state index contributed by atoms with van der Waals surface area (Å²) in [6, 6.07) is 4.65. The van der Waals surface area contributed by atoms with E-state index in [2.05, 4.69) is 0 Å². The van der Waals surface area contributed by atoms with E-state index in [-0.39, 0.29) is 11.9 Å². The second kappa shape index (κ2) is 7.77. The molecule has 0 radical (unpaired) electrons. The molecule has 1 aromatic carbocycles. The van der Waals surface area contributed by atoms with E-state index in [9.17, 15) is 14.3 Å². The Labute approximate surface area is 118 Å². The molecule has 4 nitrogen and oxygen atoms in total. The Hall–Kier alpha value is -1.72. The van der Waals surface area contributed by atoms with E-state index in [0.29, 0.717) is 30.6 Å². The first-order valence-electron chi connectivity index (χ1n) is 6.44. The van der Waals surface area contributed by atoms with Crippen LogP contribution in [0.5, 0.6) is 0 Å². The van der Waals surface area contributed by atoms with Gasteiger partial charge in [-0.3, -0.25) is 0 Å². The molecule has 5 heteroatoms. The molecule has 20 heavy (non-hydrogen) atoms. The predicted molar refractivity (Wildman–Crippen MR) is 75.7 cm³/mol. The van der Waals surface area contributed by atoms with Crippen LogP contribution in [0.1, 0.15) is 24.5 Å². The van der Waals surface area contributed by atoms with Crippen molar-refractivity contribution in [2.45, 2.75) is 26.0 Å². The molecule has 0 saturated heterocycles. The SMILES string of the molecule is CC(O)CCN(C)Cc1ccc(/C=C/C(=O)O)cc1F. The lowest BCUT2D eigenvalue weighted by Crippen LogP contribution is -2.22. The maximum atomic E-state index is 13.9. The van der Waals surface area contributed by atoms with Crippen LogP contribution in [0, 0.1) is 5.82 Å². The van der Waals surface area contributed by atoms with Crippen LogP contribution in [0.25, 0.3) is 6.08 Å². The van der Waals surface area contributed by atoms with Crippen molar-refractivity contribution < 1.29 is 19.4 Å². The van der Waals surface area contributed by atoms with Crippen molar-refractivity contribution in [2.24, 2.45) is 0 Å². The topological polar surface area (TPSA) is 60.8 Å². The Balaban J connectivity index is 2.66. The molecule has 2 N–H and O–H groups in total. The van der Waals surface area contributed by atoms with E-state index < -0.39 is 5.97 Å². The van der Waals surface area contributed by atoms with E-state index >= 15 is 0 Å². The number of carboxylic acids is 1. The van der Waals surface area contributed by atoms with Gasteiger partial charge in [0.25, 0.3) is 0 Å². The molecule has 1 atom stereocenters. The average Bonchev–Trinajstić information content (AvgIpc) is 2.36. The highest BCUT2D eigenvalue weighted by molar-refractivity contribution is 5.85. The molecule has 0 spiro atoms. The summed E-state index contributed by atoms with van der Waals surface area (Å²) in [4.78, 5) is 12.3. The zero-order valence-corrected chi connectivity index (χ0v) is 11.7. The number of hydrogen-bond donors (Lipinski definition) is 2. The third-order valence-electron chi connectivity index (χ3n) is 2.86. The molecule has 0 fully saturated rings. The van der Waals surface area contributed by atoms with Gasteiger partial charge < -0.3 is 15.1 Å². The number of aliphatic hydroxyl groups excluding tert-OH is 1. The monoisotopic (exact) mass is 281 g/mol. The molecule has 1 rings (SSSR count). The van der Waals surface area contributed by atoms with E-state index in [1.54, 1.807) is 19.1 Å². The summed E-state index contributed by atoms with van der Waals surface area (Å²) >= 11 is 0. The Morgan fingerprint density at radius 3 is 2.75 bits per heavy atom. The predicted octanol–water partition coefficient (Wildman–Crippen LogP) is 2.13. The first-order chi connectivity index (χ1) is 9.38. The lowest BCUT2D eigenvalue weighted by Gasteiger charge is -2.18. The average molecular weight is 281 g/mol. The third-order valence-corrected chi connectivity index (χ3v) is 2.86. The van der Waals surface area contributed by atoms with Gasteiger partial charge in [0.15, 0.2) is 0 Å². The van der Waals surface area contributed by atoms with Crippen molar-refractivity contribution in [1.82, 2.24) is 4.90 Å². The van der Waals surface area contributed by atoms with Gasteiger partial charge in [0.1, 0.15) is 5.82 Å². The van der Waals surface area contributed by atoms with Crippen LogP contribution in [0.15, 0.2) is 24.3 Å². The second-order valence-corrected chi connectivity index (χ2v) is 4.90. The number of rotatable bonds is 7. The molecule has 0 heterocycles. The zero-order valence-electron chi connectivity index (χ0n) is 11.7. The van der Waals surface area contributed by atoms with E-state index in [0.717, 1.165) is 6.08 Å². The Morgan fingerprint density at radius 1 is 1.50 bits per heavy atom. The van der Waals surface area contributed by atoms with Crippen molar-refractivity contribution in [1.29, 1.82) is 0 Å². The smallest absolute Gasteiger partial charge is 0.328 e. The number of nitrogens with zero attached hydrogens (tertiary/aromatic N) is 1. The minimum Gasteiger partial charge on any atom is -0.478 e. The van der Waals surface area contributed by atoms with Gasteiger partial charge in [-0.15, -0.1) is 0 Å². The normalized spacial score (nSPS) is 13.1. The van der Waals surface area contributed by atoms with E-state index in [1.165, 1.54) is 12.1 Å². The van der Waals surface area contributed by atoms with Gasteiger partial charge in [0.05, 0.1) is 6.10 Å². The van der Waals surface area contributed by atoms with Gasteiger partial charge in [-0.25, -0.2) is 9.18 Å². The zero-order chi connectivity index (χ0) is 15.1. The van der Waals surface area contributed by atoms with Gasteiger partial charge in [-0.05, 0) is 38.1 Å². The largest absolute Gasteiger partial charge is 0.478 e. The van der Waals surface area contributed by atoms with Crippen molar-refractivity contribution in [3.63, 3.8) is 0 Å². The summed E-state index contributed by atoms with van der Waals surface area (Å²) < 4.78 is 13.9. The van der Waals surface area contributed by atoms with Gasteiger partial charge >= 0.3 is 5.97 Å². The highest BCUT2D eigenvalue weighted by Gasteiger charge is 2.07. The fraction of sp³-hybridized carbons (Fsp3) is 0.400. The molecule has 110 valence electrons. The fourth-order valence-corrected chi connectivity index (χ4v) is 1.74. The van der Waals surface area contributed by atoms with Crippen LogP contribution < -0.4 is 0 Å². The van der Waals surface area contributed by atoms with Gasteiger partial charge in [0.2, 0.25) is 0 Å². The number of carbonyl (C=O) groups is 1. The minimum atomic E-state index is -1.06. The summed E-state index contributed by atoms with van der Waals surface area (Å²) in [5.74, 6) is -1.42. The summed E-state index contributed by atoms with van der Waals surface area (Å²) in [5, 5.41) is 17.7. The molecular weight excluding hydrogens is 261 g/mol. The maximum Gasteiger partial charge on any atom is 0.328 e. The summed E-state index contributed by atoms with van der Waals surface area (Å²) in [5.41, 5.74) is 1.06. The van der Waals surface area contributed by atoms with Crippen LogP contribution in [0.3, 0.4) is 0 Å². The van der Waals surface area contributed by atoms with Crippen LogP contribution >= 0.6 is 0 Å². The number of carboxylic acid groups (broad SMARTS) is 1. The number of aliphatic carboxylic acids is 1. The lowest BCUT2D eigenvalue weighted by atomic mass is 10.1. The summed E-state index contributed by atoms with van der Waals surface area (Å²) in [6.45, 7) is 2.84. The molecule has 0 aliphatic carbocycles. The number of hydrogen-bond acceptors (Lipinski definition) is 3. The second-order valence-electron chi connectivity index (χ2n) is 4.90. The maximum absolute atomic E-state index is 13.9.